The van der Waals surface area contributed by atoms with Crippen LogP contribution in [-0.4, -0.2) is 35.5 Å². The number of nitrogens with one attached hydrogen (secondary N) is 1. The molecule has 0 aromatic heterocycles. The lowest BCUT2D eigenvalue weighted by Gasteiger charge is -2.43. The molecule has 0 unspecified atom stereocenters. The van der Waals surface area contributed by atoms with E-state index >= 15 is 0 Å². The molecular formula is C24H32BrN3O2. The van der Waals surface area contributed by atoms with Gasteiger partial charge >= 0.3 is 0 Å². The lowest BCUT2D eigenvalue weighted by atomic mass is 9.64. The number of fused-ring (bicyclic) bond motifs is 2. The van der Waals surface area contributed by atoms with Crippen LogP contribution < -0.4 is 5.43 Å². The van der Waals surface area contributed by atoms with E-state index in [-0.39, 0.29) is 16.7 Å². The van der Waals surface area contributed by atoms with Crippen LogP contribution in [-0.2, 0) is 4.79 Å². The van der Waals surface area contributed by atoms with Crippen LogP contribution in [0, 0.1) is 22.2 Å². The highest BCUT2D eigenvalue weighted by atomic mass is 79.9. The summed E-state index contributed by atoms with van der Waals surface area (Å²) in [4.78, 5) is 28.4. The molecule has 30 heavy (non-hydrogen) atoms. The summed E-state index contributed by atoms with van der Waals surface area (Å²) in [5, 5.41) is 4.59. The number of hydrazone groups is 1. The number of rotatable bonds is 3. The number of carbonyl (C=O) groups is 2. The van der Waals surface area contributed by atoms with Gasteiger partial charge in [0.15, 0.2) is 0 Å². The van der Waals surface area contributed by atoms with Gasteiger partial charge in [-0.1, -0.05) is 43.6 Å². The number of nitrogens with zero attached hydrogens (tertiary/aromatic N) is 2. The zero-order chi connectivity index (χ0) is 21.7. The third-order valence-electron chi connectivity index (χ3n) is 8.61. The van der Waals surface area contributed by atoms with Crippen molar-refractivity contribution in [2.75, 3.05) is 13.1 Å². The van der Waals surface area contributed by atoms with E-state index in [1.54, 1.807) is 12.1 Å². The largest absolute Gasteiger partial charge is 0.342 e. The maximum atomic E-state index is 13.8. The van der Waals surface area contributed by atoms with Gasteiger partial charge in [0.1, 0.15) is 0 Å². The van der Waals surface area contributed by atoms with Crippen molar-refractivity contribution in [3.63, 3.8) is 0 Å². The molecule has 1 N–H and O–H groups in total. The predicted molar refractivity (Wildman–Crippen MR) is 122 cm³/mol. The summed E-state index contributed by atoms with van der Waals surface area (Å²) in [5.74, 6) is 0.778. The van der Waals surface area contributed by atoms with E-state index in [4.69, 9.17) is 0 Å². The minimum absolute atomic E-state index is 0.182. The Hall–Kier alpha value is -1.69. The van der Waals surface area contributed by atoms with Gasteiger partial charge in [0.05, 0.1) is 5.41 Å². The fourth-order valence-electron chi connectivity index (χ4n) is 5.82. The number of halogens is 1. The van der Waals surface area contributed by atoms with Gasteiger partial charge in [0, 0.05) is 40.7 Å². The third kappa shape index (κ3) is 3.14. The first-order valence-electron chi connectivity index (χ1n) is 11.0. The number of piperidine rings is 1. The van der Waals surface area contributed by atoms with Crippen molar-refractivity contribution in [2.45, 2.75) is 59.8 Å². The molecule has 0 spiro atoms. The van der Waals surface area contributed by atoms with Crippen molar-refractivity contribution in [3.8, 4) is 0 Å². The normalized spacial score (nSPS) is 31.9. The molecule has 1 aromatic carbocycles. The van der Waals surface area contributed by atoms with E-state index in [1.807, 2.05) is 12.1 Å². The van der Waals surface area contributed by atoms with Crippen molar-refractivity contribution >= 4 is 33.5 Å². The Morgan fingerprint density at radius 2 is 1.73 bits per heavy atom. The van der Waals surface area contributed by atoms with Crippen LogP contribution in [0.1, 0.15) is 70.2 Å². The maximum absolute atomic E-state index is 13.8. The Kier molecular flexibility index (Phi) is 5.36. The Morgan fingerprint density at radius 1 is 1.10 bits per heavy atom. The lowest BCUT2D eigenvalue weighted by molar-refractivity contribution is -0.148. The quantitative estimate of drug-likeness (QED) is 0.626. The highest BCUT2D eigenvalue weighted by Gasteiger charge is 2.72. The fourth-order valence-corrected chi connectivity index (χ4v) is 6.09. The highest BCUT2D eigenvalue weighted by Crippen LogP contribution is 2.71. The number of amides is 2. The van der Waals surface area contributed by atoms with Gasteiger partial charge in [-0.15, -0.1) is 0 Å². The molecule has 2 aliphatic carbocycles. The monoisotopic (exact) mass is 473 g/mol. The van der Waals surface area contributed by atoms with Crippen molar-refractivity contribution in [3.05, 3.63) is 34.3 Å². The van der Waals surface area contributed by atoms with Crippen molar-refractivity contribution < 1.29 is 9.59 Å². The van der Waals surface area contributed by atoms with Crippen LogP contribution in [0.2, 0.25) is 0 Å². The van der Waals surface area contributed by atoms with E-state index in [2.05, 4.69) is 59.1 Å². The molecule has 0 radical (unpaired) electrons. The first-order valence-corrected chi connectivity index (χ1v) is 11.8. The van der Waals surface area contributed by atoms with Crippen LogP contribution in [0.25, 0.3) is 0 Å². The zero-order valence-corrected chi connectivity index (χ0v) is 20.0. The van der Waals surface area contributed by atoms with Gasteiger partial charge in [-0.2, -0.15) is 5.10 Å². The average Bonchev–Trinajstić information content (AvgIpc) is 3.03. The van der Waals surface area contributed by atoms with Crippen LogP contribution in [0.3, 0.4) is 0 Å². The van der Waals surface area contributed by atoms with Crippen LogP contribution in [0.5, 0.6) is 0 Å². The van der Waals surface area contributed by atoms with Gasteiger partial charge < -0.3 is 4.90 Å². The molecule has 162 valence electrons. The molecule has 2 atom stereocenters. The predicted octanol–water partition coefficient (Wildman–Crippen LogP) is 5.01. The minimum Gasteiger partial charge on any atom is -0.342 e. The maximum Gasteiger partial charge on any atom is 0.271 e. The summed E-state index contributed by atoms with van der Waals surface area (Å²) < 4.78 is 0.931. The second-order valence-electron chi connectivity index (χ2n) is 10.2. The van der Waals surface area contributed by atoms with E-state index < -0.39 is 5.41 Å². The standard InChI is InChI=1S/C24H32BrN3O2/c1-16-9-13-28(14-10-16)21(30)24-12-11-23(4,22(24,2)3)19(15-24)26-27-20(29)17-5-7-18(25)8-6-17/h5-8,16H,9-15H2,1-4H3,(H,27,29)/b26-19-/t23-,24-/m0/s1. The molecule has 2 saturated carbocycles. The number of hydrogen-bond acceptors (Lipinski definition) is 3. The molecule has 1 aromatic rings. The minimum atomic E-state index is -0.413. The second kappa shape index (κ2) is 7.47. The van der Waals surface area contributed by atoms with E-state index in [0.29, 0.717) is 23.8 Å². The highest BCUT2D eigenvalue weighted by molar-refractivity contribution is 9.10. The van der Waals surface area contributed by atoms with Crippen molar-refractivity contribution in [2.24, 2.45) is 27.3 Å². The molecule has 2 amide bonds. The molecule has 1 saturated heterocycles. The Morgan fingerprint density at radius 3 is 2.37 bits per heavy atom. The molecule has 4 rings (SSSR count). The lowest BCUT2D eigenvalue weighted by Crippen LogP contribution is -2.50. The smallest absolute Gasteiger partial charge is 0.271 e. The van der Waals surface area contributed by atoms with Gasteiger partial charge in [0.2, 0.25) is 5.91 Å². The van der Waals surface area contributed by atoms with Crippen LogP contribution in [0.4, 0.5) is 0 Å². The van der Waals surface area contributed by atoms with E-state index in [9.17, 15) is 9.59 Å². The van der Waals surface area contributed by atoms with Crippen molar-refractivity contribution in [1.29, 1.82) is 0 Å². The second-order valence-corrected chi connectivity index (χ2v) is 11.1. The summed E-state index contributed by atoms with van der Waals surface area (Å²) >= 11 is 3.39. The summed E-state index contributed by atoms with van der Waals surface area (Å²) in [7, 11) is 0. The van der Waals surface area contributed by atoms with Gasteiger partial charge in [0.25, 0.3) is 5.91 Å². The molecule has 5 nitrogen and oxygen atoms in total. The van der Waals surface area contributed by atoms with Gasteiger partial charge in [-0.3, -0.25) is 9.59 Å². The zero-order valence-electron chi connectivity index (χ0n) is 18.4. The molecule has 2 bridgehead atoms. The summed E-state index contributed by atoms with van der Waals surface area (Å²) in [5.41, 5.74) is 3.50. The number of hydrogen-bond donors (Lipinski definition) is 1. The number of likely N-dealkylation sites (tertiary alicyclic amines) is 1. The average molecular weight is 474 g/mol. The molecule has 1 aliphatic heterocycles. The van der Waals surface area contributed by atoms with Crippen LogP contribution >= 0.6 is 15.9 Å². The summed E-state index contributed by atoms with van der Waals surface area (Å²) in [6, 6.07) is 7.23. The molecule has 1 heterocycles. The van der Waals surface area contributed by atoms with Crippen molar-refractivity contribution in [1.82, 2.24) is 10.3 Å². The van der Waals surface area contributed by atoms with E-state index in [1.165, 1.54) is 0 Å². The summed E-state index contributed by atoms with van der Waals surface area (Å²) in [6.45, 7) is 10.7. The Balaban J connectivity index is 1.57. The first-order chi connectivity index (χ1) is 14.1. The Labute approximate surface area is 187 Å². The Bertz CT molecular complexity index is 886. The van der Waals surface area contributed by atoms with Gasteiger partial charge in [-0.25, -0.2) is 5.43 Å². The molecule has 3 aliphatic rings. The molecule has 3 fully saturated rings. The number of carbonyl (C=O) groups excluding carboxylic acids is 2. The topological polar surface area (TPSA) is 61.8 Å². The molecule has 6 heteroatoms. The summed E-state index contributed by atoms with van der Waals surface area (Å²) in [6.07, 6.45) is 4.65. The first kappa shape index (κ1) is 21.5. The molecular weight excluding hydrogens is 442 g/mol. The van der Waals surface area contributed by atoms with Gasteiger partial charge in [-0.05, 0) is 61.3 Å². The van der Waals surface area contributed by atoms with Crippen LogP contribution in [0.15, 0.2) is 33.8 Å². The fraction of sp³-hybridized carbons (Fsp3) is 0.625. The SMILES string of the molecule is CC1CCN(C(=O)[C@]23CC[C@@](C)(/C(=N\NC(=O)c4ccc(Br)cc4)C2)C3(C)C)CC1. The third-order valence-corrected chi connectivity index (χ3v) is 9.14. The number of benzene rings is 1. The van der Waals surface area contributed by atoms with E-state index in [0.717, 1.165) is 49.0 Å².